The molecule has 0 unspecified atom stereocenters. The maximum atomic E-state index is 9.93. The maximum absolute atomic E-state index is 11.2. The molecule has 9 heteroatoms. The molecule has 0 saturated carbocycles. The molecule has 3 rings (SSSR count). The van der Waals surface area contributed by atoms with Gasteiger partial charge in [-0.05, 0) is 35.7 Å². The van der Waals surface area contributed by atoms with Gasteiger partial charge in [0.25, 0.3) is 0 Å². The van der Waals surface area contributed by atoms with Crippen LogP contribution in [-0.2, 0) is 10.9 Å². The molecule has 0 fully saturated rings. The van der Waals surface area contributed by atoms with Crippen molar-refractivity contribution < 1.29 is 16.9 Å². The van der Waals surface area contributed by atoms with Crippen molar-refractivity contribution in [3.05, 3.63) is 78.2 Å². The van der Waals surface area contributed by atoms with Gasteiger partial charge in [-0.2, -0.15) is 0 Å². The third-order valence-electron chi connectivity index (χ3n) is 2.65. The van der Waals surface area contributed by atoms with Crippen molar-refractivity contribution in [1.82, 2.24) is 0 Å². The average molecular weight is 505 g/mol. The van der Waals surface area contributed by atoms with Crippen LogP contribution in [0.15, 0.2) is 92.2 Å². The molecular weight excluding hydrogens is 492 g/mol. The number of halogens is 6. The Morgan fingerprint density at radius 3 is 1.32 bits per heavy atom. The standard InChI is InChI=1S/C16H13S2.6FH.Sb/c1-3-8-14(9-4-1)18(16-12-7-13-17-16)15-10-5-2-6-11-15;;;;;;;/h1-13H;6*1H;/q+1;;;;;;;+5/p-6. The minimum Gasteiger partial charge on any atom is -0.0936 e. The molecule has 1 aromatic heterocycles. The van der Waals surface area contributed by atoms with Gasteiger partial charge in [0, 0.05) is 6.07 Å². The smallest absolute Gasteiger partial charge is 0.0936 e. The summed E-state index contributed by atoms with van der Waals surface area (Å²) in [6.45, 7) is 0. The monoisotopic (exact) mass is 504 g/mol. The quantitative estimate of drug-likeness (QED) is 0.205. The molecule has 2 aromatic carbocycles. The zero-order valence-electron chi connectivity index (χ0n) is 12.5. The van der Waals surface area contributed by atoms with E-state index in [1.54, 1.807) is 0 Å². The van der Waals surface area contributed by atoms with Crippen LogP contribution in [0.4, 0.5) is 16.9 Å². The van der Waals surface area contributed by atoms with Crippen molar-refractivity contribution in [3.8, 4) is 0 Å². The Morgan fingerprint density at radius 2 is 1.00 bits per heavy atom. The van der Waals surface area contributed by atoms with E-state index in [0.29, 0.717) is 0 Å². The molecule has 0 aliphatic heterocycles. The molecule has 0 radical (unpaired) electrons. The topological polar surface area (TPSA) is 0 Å². The third kappa shape index (κ3) is 8.70. The van der Waals surface area contributed by atoms with Gasteiger partial charge in [0.2, 0.25) is 4.21 Å². The summed E-state index contributed by atoms with van der Waals surface area (Å²) in [4.78, 5) is 2.76. The molecule has 0 saturated heterocycles. The summed E-state index contributed by atoms with van der Waals surface area (Å²) in [5.41, 5.74) is 0. The van der Waals surface area contributed by atoms with Crippen LogP contribution in [0, 0.1) is 0 Å². The Hall–Kier alpha value is -1.11. The summed E-state index contributed by atoms with van der Waals surface area (Å²) in [6.07, 6.45) is 0. The van der Waals surface area contributed by atoms with E-state index in [2.05, 4.69) is 78.2 Å². The van der Waals surface area contributed by atoms with Gasteiger partial charge in [-0.15, -0.1) is 0 Å². The van der Waals surface area contributed by atoms with Gasteiger partial charge >= 0.3 is 36.4 Å². The fraction of sp³-hybridized carbons (Fsp3) is 0. The molecule has 136 valence electrons. The molecule has 0 N–H and O–H groups in total. The fourth-order valence-electron chi connectivity index (χ4n) is 1.86. The van der Waals surface area contributed by atoms with Crippen molar-refractivity contribution in [1.29, 1.82) is 0 Å². The zero-order valence-corrected chi connectivity index (χ0v) is 16.7. The molecule has 0 amide bonds. The second-order valence-corrected chi connectivity index (χ2v) is 13.5. The largest absolute Gasteiger partial charge is 0.220 e. The van der Waals surface area contributed by atoms with Crippen LogP contribution in [0.1, 0.15) is 0 Å². The Morgan fingerprint density at radius 1 is 0.600 bits per heavy atom. The number of hydrogen-bond acceptors (Lipinski definition) is 1. The summed E-state index contributed by atoms with van der Waals surface area (Å²) in [7, 11) is 0.0350. The van der Waals surface area contributed by atoms with E-state index in [-0.39, 0.29) is 10.9 Å². The fourth-order valence-corrected chi connectivity index (χ4v) is 5.25. The van der Waals surface area contributed by atoms with Crippen molar-refractivity contribution in [2.45, 2.75) is 14.0 Å². The molecule has 25 heavy (non-hydrogen) atoms. The predicted molar refractivity (Wildman–Crippen MR) is 91.8 cm³/mol. The minimum atomic E-state index is -11.2. The number of benzene rings is 2. The van der Waals surface area contributed by atoms with E-state index in [1.807, 2.05) is 11.3 Å². The molecule has 3 aromatic rings. The van der Waals surface area contributed by atoms with Gasteiger partial charge in [-0.25, -0.2) is 0 Å². The van der Waals surface area contributed by atoms with E-state index >= 15 is 0 Å². The molecule has 0 nitrogen and oxygen atoms in total. The van der Waals surface area contributed by atoms with Crippen LogP contribution < -0.4 is 0 Å². The summed E-state index contributed by atoms with van der Waals surface area (Å²) in [5, 5.41) is 2.15. The number of hydrogen-bond donors (Lipinski definition) is 0. The predicted octanol–water partition coefficient (Wildman–Crippen LogP) is 6.98. The summed E-state index contributed by atoms with van der Waals surface area (Å²) in [5.74, 6) is 0. The van der Waals surface area contributed by atoms with Gasteiger partial charge in [0.05, 0.1) is 0 Å². The summed E-state index contributed by atoms with van der Waals surface area (Å²) in [6, 6.07) is 25.8. The van der Waals surface area contributed by atoms with Gasteiger partial charge < -0.3 is 0 Å². The van der Waals surface area contributed by atoms with Crippen molar-refractivity contribution in [3.63, 3.8) is 0 Å². The third-order valence-corrected chi connectivity index (χ3v) is 6.13. The normalized spacial score (nSPS) is 14.2. The first-order valence-corrected chi connectivity index (χ1v) is 14.7. The van der Waals surface area contributed by atoms with Gasteiger partial charge in [-0.1, -0.05) is 47.7 Å². The van der Waals surface area contributed by atoms with Crippen molar-refractivity contribution in [2.75, 3.05) is 0 Å². The Labute approximate surface area is 150 Å². The number of thiophene rings is 1. The Bertz CT molecular complexity index is 736. The van der Waals surface area contributed by atoms with Gasteiger partial charge in [0.1, 0.15) is 10.9 Å². The van der Waals surface area contributed by atoms with E-state index in [0.717, 1.165) is 0 Å². The summed E-state index contributed by atoms with van der Waals surface area (Å²) >= 11 is -9.42. The zero-order chi connectivity index (χ0) is 18.6. The first-order valence-electron chi connectivity index (χ1n) is 6.84. The molecular formula is C16H13F6S2Sb. The molecule has 0 atom stereocenters. The second kappa shape index (κ2) is 6.89. The molecule has 1 heterocycles. The Kier molecular flexibility index (Phi) is 5.57. The van der Waals surface area contributed by atoms with E-state index < -0.39 is 19.5 Å². The van der Waals surface area contributed by atoms with Crippen LogP contribution in [0.2, 0.25) is 0 Å². The molecule has 0 spiro atoms. The first-order chi connectivity index (χ1) is 11.4. The van der Waals surface area contributed by atoms with Crippen LogP contribution >= 0.6 is 11.3 Å². The average Bonchev–Trinajstić information content (AvgIpc) is 3.01. The second-order valence-electron chi connectivity index (χ2n) is 4.82. The van der Waals surface area contributed by atoms with Crippen LogP contribution in [0.5, 0.6) is 0 Å². The van der Waals surface area contributed by atoms with Crippen LogP contribution in [0.3, 0.4) is 0 Å². The summed E-state index contributed by atoms with van der Waals surface area (Å²) < 4.78 is 61.0. The van der Waals surface area contributed by atoms with E-state index in [1.165, 1.54) is 14.0 Å². The van der Waals surface area contributed by atoms with Crippen molar-refractivity contribution in [2.24, 2.45) is 0 Å². The SMILES string of the molecule is [F][Sb-]([F])([F])([F])([F])[F].c1ccc([S+](c2ccccc2)c2cccs2)cc1. The Balaban J connectivity index is 0.000000277. The molecule has 0 bridgehead atoms. The molecule has 0 aliphatic rings. The van der Waals surface area contributed by atoms with Gasteiger partial charge in [-0.3, -0.25) is 0 Å². The molecule has 0 aliphatic carbocycles. The van der Waals surface area contributed by atoms with Crippen LogP contribution in [0.25, 0.3) is 0 Å². The van der Waals surface area contributed by atoms with E-state index in [9.17, 15) is 16.9 Å². The van der Waals surface area contributed by atoms with Crippen LogP contribution in [-0.4, -0.2) is 19.5 Å². The number of rotatable bonds is 3. The van der Waals surface area contributed by atoms with E-state index in [4.69, 9.17) is 0 Å². The maximum Gasteiger partial charge on any atom is 0.220 e. The first kappa shape index (κ1) is 20.2. The van der Waals surface area contributed by atoms with Crippen molar-refractivity contribution >= 4 is 41.7 Å². The minimum absolute atomic E-state index is 0.0350. The van der Waals surface area contributed by atoms with Gasteiger partial charge in [0.15, 0.2) is 9.79 Å².